The van der Waals surface area contributed by atoms with Crippen molar-refractivity contribution in [2.24, 2.45) is 10.4 Å². The van der Waals surface area contributed by atoms with Crippen LogP contribution >= 0.6 is 24.0 Å². The molecule has 1 saturated heterocycles. The van der Waals surface area contributed by atoms with Gasteiger partial charge in [-0.15, -0.1) is 24.0 Å². The zero-order chi connectivity index (χ0) is 19.9. The molecule has 6 nitrogen and oxygen atoms in total. The van der Waals surface area contributed by atoms with Gasteiger partial charge in [0, 0.05) is 26.7 Å². The van der Waals surface area contributed by atoms with Crippen LogP contribution in [0.2, 0.25) is 0 Å². The number of rotatable bonds is 7. The van der Waals surface area contributed by atoms with Crippen LogP contribution in [0.25, 0.3) is 0 Å². The molecule has 1 fully saturated rings. The van der Waals surface area contributed by atoms with Crippen molar-refractivity contribution in [3.05, 3.63) is 35.4 Å². The third kappa shape index (κ3) is 7.51. The highest BCUT2D eigenvalue weighted by Gasteiger charge is 2.31. The van der Waals surface area contributed by atoms with Crippen LogP contribution in [0, 0.1) is 5.41 Å². The highest BCUT2D eigenvalue weighted by atomic mass is 127. The van der Waals surface area contributed by atoms with Gasteiger partial charge in [0.15, 0.2) is 5.96 Å². The quantitative estimate of drug-likeness (QED) is 0.328. The minimum Gasteiger partial charge on any atom is -0.352 e. The number of hydrogen-bond acceptors (Lipinski definition) is 3. The Kier molecular flexibility index (Phi) is 10.2. The van der Waals surface area contributed by atoms with Crippen LogP contribution < -0.4 is 10.0 Å². The van der Waals surface area contributed by atoms with Gasteiger partial charge in [0.1, 0.15) is 0 Å². The minimum atomic E-state index is -3.24. The number of hydrogen-bond donors (Lipinski definition) is 2. The number of benzene rings is 1. The summed E-state index contributed by atoms with van der Waals surface area (Å²) in [5.74, 6) is 0.946. The van der Waals surface area contributed by atoms with Crippen molar-refractivity contribution in [2.75, 3.05) is 27.2 Å². The van der Waals surface area contributed by atoms with E-state index >= 15 is 0 Å². The van der Waals surface area contributed by atoms with E-state index in [1.165, 1.54) is 32.7 Å². The molecule has 1 heterocycles. The first-order valence-corrected chi connectivity index (χ1v) is 11.4. The molecular weight excluding hydrogens is 487 g/mol. The molecular formula is C20H35IN4O2S. The zero-order valence-electron chi connectivity index (χ0n) is 17.5. The van der Waals surface area contributed by atoms with Crippen LogP contribution in [0.4, 0.5) is 0 Å². The van der Waals surface area contributed by atoms with E-state index in [4.69, 9.17) is 0 Å². The fourth-order valence-electron chi connectivity index (χ4n) is 3.86. The second kappa shape index (κ2) is 11.3. The maximum Gasteiger partial charge on any atom is 0.215 e. The summed E-state index contributed by atoms with van der Waals surface area (Å²) in [6.07, 6.45) is 4.95. The summed E-state index contributed by atoms with van der Waals surface area (Å²) in [7, 11) is 0.0321. The van der Waals surface area contributed by atoms with Crippen molar-refractivity contribution in [3.8, 4) is 0 Å². The third-order valence-corrected chi connectivity index (χ3v) is 6.62. The molecule has 0 amide bonds. The van der Waals surface area contributed by atoms with Crippen LogP contribution in [0.15, 0.2) is 29.3 Å². The van der Waals surface area contributed by atoms with Gasteiger partial charge in [-0.2, -0.15) is 0 Å². The van der Waals surface area contributed by atoms with E-state index in [1.54, 1.807) is 0 Å². The molecule has 2 rings (SSSR count). The Balaban J connectivity index is 0.00000392. The average Bonchev–Trinajstić information content (AvgIpc) is 2.63. The second-order valence-electron chi connectivity index (χ2n) is 7.77. The highest BCUT2D eigenvalue weighted by Crippen LogP contribution is 2.33. The van der Waals surface area contributed by atoms with Gasteiger partial charge in [0.25, 0.3) is 0 Å². The summed E-state index contributed by atoms with van der Waals surface area (Å²) in [6.45, 7) is 7.39. The fraction of sp³-hybridized carbons (Fsp3) is 0.650. The molecule has 160 valence electrons. The van der Waals surface area contributed by atoms with Gasteiger partial charge < -0.3 is 10.2 Å². The Morgan fingerprint density at radius 2 is 1.89 bits per heavy atom. The summed E-state index contributed by atoms with van der Waals surface area (Å²) >= 11 is 0. The van der Waals surface area contributed by atoms with E-state index in [1.807, 2.05) is 31.3 Å². The molecule has 1 atom stereocenters. The number of aliphatic imine (C=N–C) groups is 1. The van der Waals surface area contributed by atoms with E-state index in [0.29, 0.717) is 12.0 Å². The normalized spacial score (nSPS) is 20.6. The van der Waals surface area contributed by atoms with E-state index in [-0.39, 0.29) is 29.7 Å². The van der Waals surface area contributed by atoms with Crippen LogP contribution in [-0.4, -0.2) is 46.5 Å². The largest absolute Gasteiger partial charge is 0.352 e. The van der Waals surface area contributed by atoms with Crippen LogP contribution in [0.5, 0.6) is 0 Å². The van der Waals surface area contributed by atoms with E-state index in [0.717, 1.165) is 30.2 Å². The fourth-order valence-corrected chi connectivity index (χ4v) is 4.64. The van der Waals surface area contributed by atoms with Crippen LogP contribution in [-0.2, 0) is 22.3 Å². The Morgan fingerprint density at radius 1 is 1.25 bits per heavy atom. The number of piperidine rings is 1. The summed E-state index contributed by atoms with van der Waals surface area (Å²) in [4.78, 5) is 6.84. The average molecular weight is 522 g/mol. The minimum absolute atomic E-state index is 0. The first-order chi connectivity index (χ1) is 12.8. The number of guanidine groups is 1. The molecule has 28 heavy (non-hydrogen) atoms. The third-order valence-electron chi connectivity index (χ3n) is 5.29. The van der Waals surface area contributed by atoms with Crippen LogP contribution in [0.1, 0.15) is 50.7 Å². The van der Waals surface area contributed by atoms with Crippen molar-refractivity contribution in [1.29, 1.82) is 0 Å². The molecule has 1 aromatic rings. The van der Waals surface area contributed by atoms with Gasteiger partial charge in [-0.3, -0.25) is 4.99 Å². The topological polar surface area (TPSA) is 73.8 Å². The molecule has 2 N–H and O–H groups in total. The summed E-state index contributed by atoms with van der Waals surface area (Å²) < 4.78 is 25.6. The highest BCUT2D eigenvalue weighted by molar-refractivity contribution is 14.0. The number of sulfonamides is 1. The van der Waals surface area contributed by atoms with Gasteiger partial charge in [0.2, 0.25) is 10.0 Å². The van der Waals surface area contributed by atoms with Crippen molar-refractivity contribution in [3.63, 3.8) is 0 Å². The van der Waals surface area contributed by atoms with Gasteiger partial charge in [-0.1, -0.05) is 44.5 Å². The predicted molar refractivity (Wildman–Crippen MR) is 128 cm³/mol. The smallest absolute Gasteiger partial charge is 0.215 e. The Bertz CT molecular complexity index is 733. The lowest BCUT2D eigenvalue weighted by molar-refractivity contribution is 0.142. The number of nitrogens with zero attached hydrogens (tertiary/aromatic N) is 2. The Morgan fingerprint density at radius 3 is 2.46 bits per heavy atom. The van der Waals surface area contributed by atoms with E-state index < -0.39 is 10.0 Å². The molecule has 0 radical (unpaired) electrons. The van der Waals surface area contributed by atoms with Crippen molar-refractivity contribution >= 4 is 40.0 Å². The van der Waals surface area contributed by atoms with Crippen molar-refractivity contribution < 1.29 is 8.42 Å². The first kappa shape index (κ1) is 25.2. The monoisotopic (exact) mass is 522 g/mol. The Labute approximate surface area is 187 Å². The molecule has 0 bridgehead atoms. The predicted octanol–water partition coefficient (Wildman–Crippen LogP) is 3.33. The molecule has 0 aliphatic carbocycles. The Hall–Kier alpha value is -0.870. The standard InChI is InChI=1S/C20H34N4O2S.HI/c1-5-11-20(2)12-6-13-24(16-20)19(21-3)23-14-17-7-9-18(10-8-17)15-27(25,26)22-4;/h7-10,22H,5-6,11-16H2,1-4H3,(H,21,23);1H. The molecule has 1 aromatic carbocycles. The molecule has 8 heteroatoms. The lowest BCUT2D eigenvalue weighted by Crippen LogP contribution is -2.49. The van der Waals surface area contributed by atoms with E-state index in [9.17, 15) is 8.42 Å². The SMILES string of the molecule is CCCC1(C)CCCN(C(=NC)NCc2ccc(CS(=O)(=O)NC)cc2)C1.I. The van der Waals surface area contributed by atoms with Crippen LogP contribution in [0.3, 0.4) is 0 Å². The zero-order valence-corrected chi connectivity index (χ0v) is 20.6. The van der Waals surface area contributed by atoms with Gasteiger partial charge in [-0.05, 0) is 42.9 Å². The molecule has 1 aliphatic rings. The molecule has 1 aliphatic heterocycles. The maximum absolute atomic E-state index is 11.6. The lowest BCUT2D eigenvalue weighted by atomic mass is 9.78. The van der Waals surface area contributed by atoms with Crippen molar-refractivity contribution in [2.45, 2.75) is 51.8 Å². The van der Waals surface area contributed by atoms with Crippen molar-refractivity contribution in [1.82, 2.24) is 14.9 Å². The van der Waals surface area contributed by atoms with Gasteiger partial charge in [0.05, 0.1) is 5.75 Å². The van der Waals surface area contributed by atoms with Gasteiger partial charge >= 0.3 is 0 Å². The molecule has 0 spiro atoms. The summed E-state index contributed by atoms with van der Waals surface area (Å²) in [5, 5.41) is 3.46. The number of likely N-dealkylation sites (tertiary alicyclic amines) is 1. The second-order valence-corrected chi connectivity index (χ2v) is 9.69. The molecule has 0 saturated carbocycles. The number of nitrogens with one attached hydrogen (secondary N) is 2. The number of halogens is 1. The molecule has 0 aromatic heterocycles. The summed E-state index contributed by atoms with van der Waals surface area (Å²) in [5.41, 5.74) is 2.25. The summed E-state index contributed by atoms with van der Waals surface area (Å²) in [6, 6.07) is 7.68. The lowest BCUT2D eigenvalue weighted by Gasteiger charge is -2.42. The maximum atomic E-state index is 11.6. The first-order valence-electron chi connectivity index (χ1n) is 9.75. The van der Waals surface area contributed by atoms with Gasteiger partial charge in [-0.25, -0.2) is 13.1 Å². The molecule has 1 unspecified atom stereocenters. The van der Waals surface area contributed by atoms with E-state index in [2.05, 4.69) is 33.8 Å².